The molecule has 1 aliphatic heterocycles. The SMILES string of the molecule is CCCC1COC(CCc2ccc3c(F)c(CCc4ccc(F)cc4)ccc3c2)OC1. The summed E-state index contributed by atoms with van der Waals surface area (Å²) < 4.78 is 39.8. The highest BCUT2D eigenvalue weighted by molar-refractivity contribution is 5.84. The van der Waals surface area contributed by atoms with Crippen LogP contribution in [-0.2, 0) is 28.7 Å². The maximum atomic E-state index is 15.0. The standard InChI is InChI=1S/C27H30F2O2/c1-2-3-21-17-30-26(31-18-21)15-8-20-7-14-25-23(16-20)11-10-22(27(25)29)9-4-19-5-12-24(28)13-6-19/h5-7,10-14,16,21,26H,2-4,8-9,15,17-18H2,1H3. The van der Waals surface area contributed by atoms with Crippen molar-refractivity contribution in [3.63, 3.8) is 0 Å². The summed E-state index contributed by atoms with van der Waals surface area (Å²) in [7, 11) is 0. The Hall–Kier alpha value is -2.30. The van der Waals surface area contributed by atoms with Crippen LogP contribution in [0.1, 0.15) is 42.9 Å². The van der Waals surface area contributed by atoms with Gasteiger partial charge in [-0.25, -0.2) is 8.78 Å². The fraction of sp³-hybridized carbons (Fsp3) is 0.407. The lowest BCUT2D eigenvalue weighted by molar-refractivity contribution is -0.203. The van der Waals surface area contributed by atoms with Crippen LogP contribution in [0, 0.1) is 17.6 Å². The summed E-state index contributed by atoms with van der Waals surface area (Å²) in [5.41, 5.74) is 2.86. The molecule has 0 saturated carbocycles. The molecule has 1 heterocycles. The highest BCUT2D eigenvalue weighted by Gasteiger charge is 2.21. The number of hydrogen-bond acceptors (Lipinski definition) is 2. The van der Waals surface area contributed by atoms with Gasteiger partial charge in [0.25, 0.3) is 0 Å². The van der Waals surface area contributed by atoms with Crippen LogP contribution in [0.5, 0.6) is 0 Å². The van der Waals surface area contributed by atoms with Crippen molar-refractivity contribution in [1.82, 2.24) is 0 Å². The quantitative estimate of drug-likeness (QED) is 0.404. The third-order valence-electron chi connectivity index (χ3n) is 6.10. The molecule has 1 fully saturated rings. The maximum Gasteiger partial charge on any atom is 0.157 e. The summed E-state index contributed by atoms with van der Waals surface area (Å²) in [4.78, 5) is 0. The van der Waals surface area contributed by atoms with Gasteiger partial charge < -0.3 is 9.47 Å². The molecule has 0 bridgehead atoms. The highest BCUT2D eigenvalue weighted by atomic mass is 19.1. The minimum Gasteiger partial charge on any atom is -0.352 e. The zero-order valence-corrected chi connectivity index (χ0v) is 18.1. The molecular weight excluding hydrogens is 394 g/mol. The maximum absolute atomic E-state index is 15.0. The van der Waals surface area contributed by atoms with Crippen molar-refractivity contribution in [3.05, 3.63) is 82.9 Å². The molecule has 0 N–H and O–H groups in total. The number of rotatable bonds is 8. The average Bonchev–Trinajstić information content (AvgIpc) is 2.79. The van der Waals surface area contributed by atoms with Gasteiger partial charge in [0.2, 0.25) is 0 Å². The molecular formula is C27H30F2O2. The fourth-order valence-corrected chi connectivity index (χ4v) is 4.27. The van der Waals surface area contributed by atoms with E-state index in [1.54, 1.807) is 12.1 Å². The van der Waals surface area contributed by atoms with E-state index in [1.807, 2.05) is 24.3 Å². The average molecular weight is 425 g/mol. The number of ether oxygens (including phenoxy) is 2. The van der Waals surface area contributed by atoms with Crippen LogP contribution in [-0.4, -0.2) is 19.5 Å². The van der Waals surface area contributed by atoms with E-state index < -0.39 is 0 Å². The number of hydrogen-bond donors (Lipinski definition) is 0. The Kier molecular flexibility index (Phi) is 7.31. The van der Waals surface area contributed by atoms with Gasteiger partial charge in [-0.15, -0.1) is 0 Å². The van der Waals surface area contributed by atoms with Gasteiger partial charge in [0.05, 0.1) is 13.2 Å². The number of halogens is 2. The molecule has 0 atom stereocenters. The first-order chi connectivity index (χ1) is 15.1. The highest BCUT2D eigenvalue weighted by Crippen LogP contribution is 2.25. The lowest BCUT2D eigenvalue weighted by Gasteiger charge is -2.29. The first-order valence-electron chi connectivity index (χ1n) is 11.3. The summed E-state index contributed by atoms with van der Waals surface area (Å²) in [5, 5.41) is 1.56. The molecule has 4 heteroatoms. The van der Waals surface area contributed by atoms with Crippen molar-refractivity contribution in [2.24, 2.45) is 5.92 Å². The zero-order valence-electron chi connectivity index (χ0n) is 18.1. The lowest BCUT2D eigenvalue weighted by atomic mass is 9.98. The molecule has 4 rings (SSSR count). The van der Waals surface area contributed by atoms with Gasteiger partial charge >= 0.3 is 0 Å². The van der Waals surface area contributed by atoms with Gasteiger partial charge in [-0.2, -0.15) is 0 Å². The van der Waals surface area contributed by atoms with Crippen molar-refractivity contribution in [1.29, 1.82) is 0 Å². The molecule has 3 aromatic carbocycles. The molecule has 0 aliphatic carbocycles. The van der Waals surface area contributed by atoms with Crippen LogP contribution in [0.25, 0.3) is 10.8 Å². The number of benzene rings is 3. The van der Waals surface area contributed by atoms with E-state index in [9.17, 15) is 4.39 Å². The molecule has 0 radical (unpaired) electrons. The molecule has 31 heavy (non-hydrogen) atoms. The van der Waals surface area contributed by atoms with E-state index in [-0.39, 0.29) is 17.9 Å². The smallest absolute Gasteiger partial charge is 0.157 e. The van der Waals surface area contributed by atoms with Crippen LogP contribution < -0.4 is 0 Å². The van der Waals surface area contributed by atoms with Crippen LogP contribution >= 0.6 is 0 Å². The molecule has 0 unspecified atom stereocenters. The van der Waals surface area contributed by atoms with Crippen LogP contribution in [0.15, 0.2) is 54.6 Å². The minimum atomic E-state index is -0.251. The summed E-state index contributed by atoms with van der Waals surface area (Å²) >= 11 is 0. The van der Waals surface area contributed by atoms with Crippen LogP contribution in [0.3, 0.4) is 0 Å². The predicted molar refractivity (Wildman–Crippen MR) is 120 cm³/mol. The minimum absolute atomic E-state index is 0.144. The number of fused-ring (bicyclic) bond motifs is 1. The Labute approximate surface area is 183 Å². The van der Waals surface area contributed by atoms with Crippen molar-refractivity contribution < 1.29 is 18.3 Å². The third-order valence-corrected chi connectivity index (χ3v) is 6.10. The van der Waals surface area contributed by atoms with E-state index >= 15 is 4.39 Å². The topological polar surface area (TPSA) is 18.5 Å². The Morgan fingerprint density at radius 1 is 0.806 bits per heavy atom. The van der Waals surface area contributed by atoms with Gasteiger partial charge in [-0.3, -0.25) is 0 Å². The normalized spacial score (nSPS) is 19.1. The Balaban J connectivity index is 1.36. The second-order valence-corrected chi connectivity index (χ2v) is 8.51. The van der Waals surface area contributed by atoms with Crippen LogP contribution in [0.4, 0.5) is 8.78 Å². The molecule has 1 aliphatic rings. The van der Waals surface area contributed by atoms with Gasteiger partial charge in [0, 0.05) is 17.7 Å². The van der Waals surface area contributed by atoms with E-state index in [0.717, 1.165) is 55.4 Å². The van der Waals surface area contributed by atoms with E-state index in [2.05, 4.69) is 13.0 Å². The zero-order chi connectivity index (χ0) is 21.6. The van der Waals surface area contributed by atoms with Gasteiger partial charge in [0.1, 0.15) is 11.6 Å². The second kappa shape index (κ2) is 10.3. The van der Waals surface area contributed by atoms with E-state index in [1.165, 1.54) is 12.1 Å². The molecule has 0 aromatic heterocycles. The summed E-state index contributed by atoms with van der Waals surface area (Å²) in [5.74, 6) is 0.105. The summed E-state index contributed by atoms with van der Waals surface area (Å²) in [6, 6.07) is 16.2. The van der Waals surface area contributed by atoms with Crippen molar-refractivity contribution in [3.8, 4) is 0 Å². The Morgan fingerprint density at radius 3 is 2.29 bits per heavy atom. The molecule has 164 valence electrons. The fourth-order valence-electron chi connectivity index (χ4n) is 4.27. The van der Waals surface area contributed by atoms with E-state index in [4.69, 9.17) is 9.47 Å². The Morgan fingerprint density at radius 2 is 1.55 bits per heavy atom. The first-order valence-corrected chi connectivity index (χ1v) is 11.3. The lowest BCUT2D eigenvalue weighted by Crippen LogP contribution is -2.32. The molecule has 0 amide bonds. The summed E-state index contributed by atoms with van der Waals surface area (Å²) in [6.45, 7) is 3.74. The van der Waals surface area contributed by atoms with Gasteiger partial charge in [-0.05, 0) is 59.9 Å². The number of aryl methyl sites for hydroxylation is 3. The van der Waals surface area contributed by atoms with Crippen molar-refractivity contribution in [2.75, 3.05) is 13.2 Å². The molecule has 1 saturated heterocycles. The first kappa shape index (κ1) is 21.9. The Bertz CT molecular complexity index is 992. The third kappa shape index (κ3) is 5.69. The van der Waals surface area contributed by atoms with Gasteiger partial charge in [-0.1, -0.05) is 55.8 Å². The largest absolute Gasteiger partial charge is 0.352 e. The van der Waals surface area contributed by atoms with Crippen molar-refractivity contribution >= 4 is 10.8 Å². The molecule has 0 spiro atoms. The summed E-state index contributed by atoms with van der Waals surface area (Å²) in [6.07, 6.45) is 5.08. The molecule has 3 aromatic rings. The second-order valence-electron chi connectivity index (χ2n) is 8.51. The van der Waals surface area contributed by atoms with E-state index in [0.29, 0.717) is 29.7 Å². The molecule has 2 nitrogen and oxygen atoms in total. The van der Waals surface area contributed by atoms with Crippen LogP contribution in [0.2, 0.25) is 0 Å². The van der Waals surface area contributed by atoms with Gasteiger partial charge in [0.15, 0.2) is 6.29 Å². The van der Waals surface area contributed by atoms with Crippen molar-refractivity contribution in [2.45, 2.75) is 51.7 Å². The monoisotopic (exact) mass is 424 g/mol. The predicted octanol–water partition coefficient (Wildman–Crippen LogP) is 6.63.